The van der Waals surface area contributed by atoms with Crippen LogP contribution in [0.5, 0.6) is 0 Å². The molecular weight excluding hydrogens is 382 g/mol. The summed E-state index contributed by atoms with van der Waals surface area (Å²) < 4.78 is 2.07. The highest BCUT2D eigenvalue weighted by molar-refractivity contribution is 7.17. The molecule has 0 unspecified atom stereocenters. The van der Waals surface area contributed by atoms with E-state index < -0.39 is 0 Å². The van der Waals surface area contributed by atoms with E-state index in [-0.39, 0.29) is 0 Å². The van der Waals surface area contributed by atoms with E-state index >= 15 is 0 Å². The third kappa shape index (κ3) is 4.13. The number of hydrogen-bond acceptors (Lipinski definition) is 7. The van der Waals surface area contributed by atoms with Gasteiger partial charge in [0.1, 0.15) is 22.8 Å². The number of thiophene rings is 1. The van der Waals surface area contributed by atoms with Crippen molar-refractivity contribution in [2.24, 2.45) is 0 Å². The molecule has 0 atom stereocenters. The Morgan fingerprint density at radius 2 is 1.93 bits per heavy atom. The van der Waals surface area contributed by atoms with Crippen molar-refractivity contribution in [3.63, 3.8) is 0 Å². The Hall–Kier alpha value is -2.84. The predicted molar refractivity (Wildman–Crippen MR) is 118 cm³/mol. The monoisotopic (exact) mass is 407 g/mol. The first-order valence-corrected chi connectivity index (χ1v) is 10.5. The summed E-state index contributed by atoms with van der Waals surface area (Å²) in [6.07, 6.45) is 1.77. The summed E-state index contributed by atoms with van der Waals surface area (Å²) in [6.45, 7) is 5.48. The first-order chi connectivity index (χ1) is 14.0. The zero-order valence-corrected chi connectivity index (χ0v) is 17.9. The highest BCUT2D eigenvalue weighted by Gasteiger charge is 2.17. The summed E-state index contributed by atoms with van der Waals surface area (Å²) in [7, 11) is 4.05. The van der Waals surface area contributed by atoms with E-state index in [4.69, 9.17) is 9.97 Å². The van der Waals surface area contributed by atoms with Crippen LogP contribution in [0.1, 0.15) is 31.5 Å². The lowest BCUT2D eigenvalue weighted by molar-refractivity contribution is 0.391. The Kier molecular flexibility index (Phi) is 5.55. The van der Waals surface area contributed by atoms with E-state index in [1.54, 1.807) is 17.7 Å². The lowest BCUT2D eigenvalue weighted by Crippen LogP contribution is -2.15. The van der Waals surface area contributed by atoms with Gasteiger partial charge in [0, 0.05) is 17.0 Å². The van der Waals surface area contributed by atoms with Gasteiger partial charge in [0.2, 0.25) is 0 Å². The van der Waals surface area contributed by atoms with Crippen LogP contribution < -0.4 is 5.32 Å². The number of aromatic nitrogens is 5. The SMILES string of the molecule is CC(C)n1cnnc1CNc1nc(CN(C)C)nc2scc(-c3ccccc3)c12. The smallest absolute Gasteiger partial charge is 0.152 e. The molecule has 0 aliphatic carbocycles. The fourth-order valence-corrected chi connectivity index (χ4v) is 4.25. The van der Waals surface area contributed by atoms with E-state index in [0.717, 1.165) is 38.8 Å². The highest BCUT2D eigenvalue weighted by Crippen LogP contribution is 2.37. The van der Waals surface area contributed by atoms with Crippen LogP contribution in [0, 0.1) is 0 Å². The van der Waals surface area contributed by atoms with Crippen LogP contribution in [-0.2, 0) is 13.1 Å². The van der Waals surface area contributed by atoms with E-state index in [1.165, 1.54) is 0 Å². The fraction of sp³-hybridized carbons (Fsp3) is 0.333. The molecule has 0 fully saturated rings. The predicted octanol–water partition coefficient (Wildman–Crippen LogP) is 4.20. The molecule has 0 aliphatic rings. The number of fused-ring (bicyclic) bond motifs is 1. The van der Waals surface area contributed by atoms with Crippen LogP contribution >= 0.6 is 11.3 Å². The molecule has 0 aliphatic heterocycles. The molecule has 3 heterocycles. The van der Waals surface area contributed by atoms with Gasteiger partial charge in [0.15, 0.2) is 5.82 Å². The normalized spacial score (nSPS) is 11.7. The number of benzene rings is 1. The average Bonchev–Trinajstić information content (AvgIpc) is 3.33. The molecule has 0 radical (unpaired) electrons. The second-order valence-electron chi connectivity index (χ2n) is 7.52. The third-order valence-electron chi connectivity index (χ3n) is 4.64. The average molecular weight is 408 g/mol. The standard InChI is InChI=1S/C21H25N7S/c1-14(2)28-13-23-26-18(28)10-22-20-19-16(15-8-6-5-7-9-15)12-29-21(19)25-17(24-20)11-27(3)4/h5-9,12-14H,10-11H2,1-4H3,(H,22,24,25). The van der Waals surface area contributed by atoms with Crippen LogP contribution in [0.4, 0.5) is 5.82 Å². The maximum atomic E-state index is 4.86. The molecular formula is C21H25N7S. The Balaban J connectivity index is 1.76. The molecule has 0 saturated carbocycles. The van der Waals surface area contributed by atoms with Gasteiger partial charge in [-0.3, -0.25) is 0 Å². The quantitative estimate of drug-likeness (QED) is 0.495. The maximum absolute atomic E-state index is 4.86. The van der Waals surface area contributed by atoms with Crippen LogP contribution in [-0.4, -0.2) is 43.7 Å². The fourth-order valence-electron chi connectivity index (χ4n) is 3.28. The van der Waals surface area contributed by atoms with E-state index in [2.05, 4.69) is 68.5 Å². The zero-order valence-electron chi connectivity index (χ0n) is 17.1. The first-order valence-electron chi connectivity index (χ1n) is 9.63. The van der Waals surface area contributed by atoms with Gasteiger partial charge in [0.25, 0.3) is 0 Å². The minimum Gasteiger partial charge on any atom is -0.362 e. The molecule has 0 amide bonds. The molecule has 150 valence electrons. The van der Waals surface area contributed by atoms with Gasteiger partial charge in [0.05, 0.1) is 18.5 Å². The molecule has 1 aromatic carbocycles. The van der Waals surface area contributed by atoms with Gasteiger partial charge in [-0.05, 0) is 33.5 Å². The third-order valence-corrected chi connectivity index (χ3v) is 5.51. The molecule has 0 spiro atoms. The van der Waals surface area contributed by atoms with Crippen LogP contribution in [0.15, 0.2) is 42.0 Å². The second kappa shape index (κ2) is 8.26. The molecule has 4 aromatic rings. The van der Waals surface area contributed by atoms with Crippen molar-refractivity contribution in [3.8, 4) is 11.1 Å². The van der Waals surface area contributed by atoms with Gasteiger partial charge in [-0.2, -0.15) is 0 Å². The Bertz CT molecular complexity index is 1100. The Labute approximate surface area is 174 Å². The Morgan fingerprint density at radius 3 is 2.66 bits per heavy atom. The molecule has 0 saturated heterocycles. The Morgan fingerprint density at radius 1 is 1.14 bits per heavy atom. The number of hydrogen-bond donors (Lipinski definition) is 1. The summed E-state index contributed by atoms with van der Waals surface area (Å²) in [5, 5.41) is 15.1. The summed E-state index contributed by atoms with van der Waals surface area (Å²) in [6, 6.07) is 10.7. The van der Waals surface area contributed by atoms with Crippen molar-refractivity contribution in [2.75, 3.05) is 19.4 Å². The number of anilines is 1. The summed E-state index contributed by atoms with van der Waals surface area (Å²) in [5.41, 5.74) is 2.31. The minimum absolute atomic E-state index is 0.303. The van der Waals surface area contributed by atoms with Crippen LogP contribution in [0.2, 0.25) is 0 Å². The van der Waals surface area contributed by atoms with Crippen molar-refractivity contribution in [1.82, 2.24) is 29.6 Å². The molecule has 8 heteroatoms. The van der Waals surface area contributed by atoms with Crippen molar-refractivity contribution in [2.45, 2.75) is 33.0 Å². The summed E-state index contributed by atoms with van der Waals surface area (Å²) >= 11 is 1.65. The van der Waals surface area contributed by atoms with Crippen molar-refractivity contribution in [1.29, 1.82) is 0 Å². The lowest BCUT2D eigenvalue weighted by Gasteiger charge is -2.14. The van der Waals surface area contributed by atoms with Crippen molar-refractivity contribution >= 4 is 27.4 Å². The maximum Gasteiger partial charge on any atom is 0.152 e. The largest absolute Gasteiger partial charge is 0.362 e. The van der Waals surface area contributed by atoms with E-state index in [1.807, 2.05) is 20.2 Å². The molecule has 0 bridgehead atoms. The lowest BCUT2D eigenvalue weighted by atomic mass is 10.1. The van der Waals surface area contributed by atoms with Crippen molar-refractivity contribution < 1.29 is 0 Å². The summed E-state index contributed by atoms with van der Waals surface area (Å²) in [4.78, 5) is 12.7. The van der Waals surface area contributed by atoms with Gasteiger partial charge in [-0.25, -0.2) is 9.97 Å². The zero-order chi connectivity index (χ0) is 20.4. The molecule has 29 heavy (non-hydrogen) atoms. The molecule has 1 N–H and O–H groups in total. The number of rotatable bonds is 7. The number of nitrogens with one attached hydrogen (secondary N) is 1. The topological polar surface area (TPSA) is 71.8 Å². The molecule has 4 rings (SSSR count). The van der Waals surface area contributed by atoms with Gasteiger partial charge in [-0.1, -0.05) is 30.3 Å². The van der Waals surface area contributed by atoms with Gasteiger partial charge >= 0.3 is 0 Å². The molecule has 3 aromatic heterocycles. The highest BCUT2D eigenvalue weighted by atomic mass is 32.1. The second-order valence-corrected chi connectivity index (χ2v) is 8.38. The van der Waals surface area contributed by atoms with Crippen molar-refractivity contribution in [3.05, 3.63) is 53.7 Å². The first kappa shape index (κ1) is 19.5. The minimum atomic E-state index is 0.303. The van der Waals surface area contributed by atoms with Gasteiger partial charge in [-0.15, -0.1) is 21.5 Å². The van der Waals surface area contributed by atoms with Crippen LogP contribution in [0.3, 0.4) is 0 Å². The van der Waals surface area contributed by atoms with E-state index in [0.29, 0.717) is 19.1 Å². The summed E-state index contributed by atoms with van der Waals surface area (Å²) in [5.74, 6) is 2.53. The van der Waals surface area contributed by atoms with Crippen LogP contribution in [0.25, 0.3) is 21.3 Å². The molecule has 7 nitrogen and oxygen atoms in total. The van der Waals surface area contributed by atoms with E-state index in [9.17, 15) is 0 Å². The number of nitrogens with zero attached hydrogens (tertiary/aromatic N) is 6. The van der Waals surface area contributed by atoms with Gasteiger partial charge < -0.3 is 14.8 Å².